The zero-order chi connectivity index (χ0) is 40.0. The molecule has 0 unspecified atom stereocenters. The normalized spacial score (nSPS) is 14.1. The van der Waals surface area contributed by atoms with Gasteiger partial charge in [0.25, 0.3) is 0 Å². The Bertz CT molecular complexity index is 3250. The molecule has 1 spiro atoms. The molecule has 0 saturated carbocycles. The molecular formula is C58H41NO. The predicted octanol–water partition coefficient (Wildman–Crippen LogP) is 15.4. The summed E-state index contributed by atoms with van der Waals surface area (Å²) in [4.78, 5) is 2.35. The van der Waals surface area contributed by atoms with Crippen LogP contribution in [0.15, 0.2) is 217 Å². The second-order valence-electron chi connectivity index (χ2n) is 16.8. The Kier molecular flexibility index (Phi) is 7.52. The van der Waals surface area contributed by atoms with Gasteiger partial charge in [0, 0.05) is 39.3 Å². The zero-order valence-corrected chi connectivity index (χ0v) is 33.6. The number of furan rings is 1. The van der Waals surface area contributed by atoms with Gasteiger partial charge in [-0.3, -0.25) is 0 Å². The maximum Gasteiger partial charge on any atom is 0.137 e. The first-order chi connectivity index (χ1) is 29.5. The molecule has 0 amide bonds. The van der Waals surface area contributed by atoms with Crippen LogP contribution in [0.1, 0.15) is 47.2 Å². The lowest BCUT2D eigenvalue weighted by molar-refractivity contribution is 0.563. The van der Waals surface area contributed by atoms with Crippen LogP contribution < -0.4 is 4.90 Å². The van der Waals surface area contributed by atoms with E-state index in [1.54, 1.807) is 0 Å². The molecule has 0 aliphatic heterocycles. The van der Waals surface area contributed by atoms with Crippen LogP contribution in [0.5, 0.6) is 0 Å². The van der Waals surface area contributed by atoms with Crippen molar-refractivity contribution in [1.29, 1.82) is 0 Å². The van der Waals surface area contributed by atoms with Crippen LogP contribution in [0.4, 0.5) is 17.1 Å². The number of fused-ring (bicyclic) bond motifs is 12. The van der Waals surface area contributed by atoms with Crippen LogP contribution in [-0.2, 0) is 10.8 Å². The standard InChI is InChI=1S/C58H41NO/c1-57(2)51-22-9-11-24-53(51)58(54-25-12-10-23-52(54)57)49-21-8-6-19-45(49)48-36-41(29-34-50(48)58)40-17-14-18-43(35-40)59(42-30-27-39(28-31-42)38-15-4-3-5-16-38)44-32-33-47-46-20-7-13-26-55(46)60-56(47)37-44/h3-37H,1-2H3. The number of hydrogen-bond acceptors (Lipinski definition) is 2. The molecule has 12 rings (SSSR count). The Morgan fingerprint density at radius 1 is 0.333 bits per heavy atom. The number of hydrogen-bond donors (Lipinski definition) is 0. The smallest absolute Gasteiger partial charge is 0.137 e. The molecule has 2 aliphatic carbocycles. The third-order valence-corrected chi connectivity index (χ3v) is 13.3. The van der Waals surface area contributed by atoms with Crippen LogP contribution in [0.3, 0.4) is 0 Å². The summed E-state index contributed by atoms with van der Waals surface area (Å²) >= 11 is 0. The van der Waals surface area contributed by atoms with E-state index in [0.29, 0.717) is 0 Å². The van der Waals surface area contributed by atoms with Crippen molar-refractivity contribution in [2.75, 3.05) is 4.90 Å². The molecule has 284 valence electrons. The van der Waals surface area contributed by atoms with Crippen LogP contribution >= 0.6 is 0 Å². The van der Waals surface area contributed by atoms with E-state index in [9.17, 15) is 0 Å². The minimum atomic E-state index is -0.410. The maximum atomic E-state index is 6.43. The largest absolute Gasteiger partial charge is 0.456 e. The van der Waals surface area contributed by atoms with Gasteiger partial charge in [-0.15, -0.1) is 0 Å². The van der Waals surface area contributed by atoms with Crippen LogP contribution in [0.25, 0.3) is 55.3 Å². The average molecular weight is 768 g/mol. The lowest BCUT2D eigenvalue weighted by atomic mass is 9.55. The van der Waals surface area contributed by atoms with Crippen LogP contribution in [0, 0.1) is 0 Å². The highest BCUT2D eigenvalue weighted by Crippen LogP contribution is 2.62. The molecule has 2 nitrogen and oxygen atoms in total. The summed E-state index contributed by atoms with van der Waals surface area (Å²) in [5.74, 6) is 0. The molecule has 2 aliphatic rings. The quantitative estimate of drug-likeness (QED) is 0.173. The molecule has 2 heteroatoms. The summed E-state index contributed by atoms with van der Waals surface area (Å²) in [6, 6.07) is 77.9. The Morgan fingerprint density at radius 3 is 1.63 bits per heavy atom. The molecule has 0 fully saturated rings. The highest BCUT2D eigenvalue weighted by molar-refractivity contribution is 6.06. The van der Waals surface area contributed by atoms with Gasteiger partial charge in [0.2, 0.25) is 0 Å². The predicted molar refractivity (Wildman–Crippen MR) is 249 cm³/mol. The van der Waals surface area contributed by atoms with E-state index in [1.165, 1.54) is 61.2 Å². The van der Waals surface area contributed by atoms with Crippen molar-refractivity contribution < 1.29 is 4.42 Å². The van der Waals surface area contributed by atoms with Crippen molar-refractivity contribution in [1.82, 2.24) is 0 Å². The minimum Gasteiger partial charge on any atom is -0.456 e. The van der Waals surface area contributed by atoms with Gasteiger partial charge in [-0.05, 0) is 115 Å². The minimum absolute atomic E-state index is 0.126. The van der Waals surface area contributed by atoms with Gasteiger partial charge in [-0.2, -0.15) is 0 Å². The molecule has 1 heterocycles. The molecule has 0 atom stereocenters. The maximum absolute atomic E-state index is 6.43. The van der Waals surface area contributed by atoms with E-state index in [0.717, 1.165) is 44.6 Å². The number of para-hydroxylation sites is 1. The summed E-state index contributed by atoms with van der Waals surface area (Å²) in [5.41, 5.74) is 20.0. The number of anilines is 3. The lowest BCUT2D eigenvalue weighted by Crippen LogP contribution is -2.40. The summed E-state index contributed by atoms with van der Waals surface area (Å²) in [6.45, 7) is 4.76. The molecule has 0 radical (unpaired) electrons. The second kappa shape index (κ2) is 13.0. The van der Waals surface area contributed by atoms with E-state index in [-0.39, 0.29) is 5.41 Å². The van der Waals surface area contributed by atoms with Crippen molar-refractivity contribution in [2.24, 2.45) is 0 Å². The van der Waals surface area contributed by atoms with Gasteiger partial charge in [0.05, 0.1) is 5.41 Å². The van der Waals surface area contributed by atoms with Gasteiger partial charge in [-0.25, -0.2) is 0 Å². The fraction of sp³-hybridized carbons (Fsp3) is 0.0690. The Morgan fingerprint density at radius 2 is 0.867 bits per heavy atom. The van der Waals surface area contributed by atoms with Crippen molar-refractivity contribution >= 4 is 39.0 Å². The molecule has 0 bridgehead atoms. The van der Waals surface area contributed by atoms with Gasteiger partial charge < -0.3 is 9.32 Å². The van der Waals surface area contributed by atoms with Gasteiger partial charge in [0.15, 0.2) is 0 Å². The average Bonchev–Trinajstić information content (AvgIpc) is 3.82. The Hall–Kier alpha value is -7.42. The second-order valence-corrected chi connectivity index (χ2v) is 16.8. The summed E-state index contributed by atoms with van der Waals surface area (Å²) in [5, 5.41) is 2.24. The summed E-state index contributed by atoms with van der Waals surface area (Å²) in [6.07, 6.45) is 0. The SMILES string of the molecule is CC1(C)c2ccccc2C2(c3ccccc3-c3cc(-c4cccc(N(c5ccc(-c6ccccc6)cc5)c5ccc6c(c5)oc5ccccc56)c4)ccc32)c2ccccc21. The highest BCUT2D eigenvalue weighted by atomic mass is 16.3. The number of benzene rings is 9. The van der Waals surface area contributed by atoms with Gasteiger partial charge >= 0.3 is 0 Å². The topological polar surface area (TPSA) is 16.4 Å². The van der Waals surface area contributed by atoms with E-state index < -0.39 is 5.41 Å². The molecule has 0 N–H and O–H groups in total. The monoisotopic (exact) mass is 767 g/mol. The number of nitrogens with zero attached hydrogens (tertiary/aromatic N) is 1. The number of rotatable bonds is 5. The first-order valence-electron chi connectivity index (χ1n) is 20.9. The zero-order valence-electron chi connectivity index (χ0n) is 33.6. The van der Waals surface area contributed by atoms with E-state index in [1.807, 2.05) is 12.1 Å². The van der Waals surface area contributed by atoms with Crippen molar-refractivity contribution in [3.63, 3.8) is 0 Å². The van der Waals surface area contributed by atoms with Crippen LogP contribution in [0.2, 0.25) is 0 Å². The third-order valence-electron chi connectivity index (χ3n) is 13.3. The highest BCUT2D eigenvalue weighted by Gasteiger charge is 2.53. The molecule has 0 saturated heterocycles. The molecule has 10 aromatic rings. The third kappa shape index (κ3) is 4.94. The first-order valence-corrected chi connectivity index (χ1v) is 20.9. The summed E-state index contributed by atoms with van der Waals surface area (Å²) in [7, 11) is 0. The van der Waals surface area contributed by atoms with E-state index in [2.05, 4.69) is 219 Å². The van der Waals surface area contributed by atoms with Gasteiger partial charge in [0.1, 0.15) is 11.2 Å². The molecular weight excluding hydrogens is 727 g/mol. The fourth-order valence-corrected chi connectivity index (χ4v) is 10.6. The lowest BCUT2D eigenvalue weighted by Gasteiger charge is -2.46. The Labute approximate surface area is 350 Å². The summed E-state index contributed by atoms with van der Waals surface area (Å²) < 4.78 is 6.43. The molecule has 9 aromatic carbocycles. The molecule has 60 heavy (non-hydrogen) atoms. The molecule has 1 aromatic heterocycles. The Balaban J connectivity index is 1.02. The van der Waals surface area contributed by atoms with Crippen molar-refractivity contribution in [3.8, 4) is 33.4 Å². The van der Waals surface area contributed by atoms with E-state index in [4.69, 9.17) is 4.42 Å². The van der Waals surface area contributed by atoms with Crippen molar-refractivity contribution in [2.45, 2.75) is 24.7 Å². The van der Waals surface area contributed by atoms with Crippen molar-refractivity contribution in [3.05, 3.63) is 246 Å². The van der Waals surface area contributed by atoms with Gasteiger partial charge in [-0.1, -0.05) is 172 Å². The van der Waals surface area contributed by atoms with Crippen LogP contribution in [-0.4, -0.2) is 0 Å². The van der Waals surface area contributed by atoms with E-state index >= 15 is 0 Å². The first kappa shape index (κ1) is 34.6. The fourth-order valence-electron chi connectivity index (χ4n) is 10.6.